The van der Waals surface area contributed by atoms with E-state index in [1.807, 2.05) is 6.20 Å². The van der Waals surface area contributed by atoms with E-state index >= 15 is 0 Å². The second-order valence-electron chi connectivity index (χ2n) is 5.65. The zero-order chi connectivity index (χ0) is 12.4. The van der Waals surface area contributed by atoms with Crippen LogP contribution >= 0.6 is 0 Å². The van der Waals surface area contributed by atoms with Crippen LogP contribution in [0.25, 0.3) is 0 Å². The lowest BCUT2D eigenvalue weighted by Crippen LogP contribution is -2.40. The minimum absolute atomic E-state index is 0.534. The second kappa shape index (κ2) is 5.22. The lowest BCUT2D eigenvalue weighted by Gasteiger charge is -2.31. The van der Waals surface area contributed by atoms with Crippen molar-refractivity contribution >= 4 is 5.82 Å². The zero-order valence-electron chi connectivity index (χ0n) is 11.2. The average Bonchev–Trinajstić information content (AvgIpc) is 2.39. The number of likely N-dealkylation sites (tertiary alicyclic amines) is 1. The highest BCUT2D eigenvalue weighted by Gasteiger charge is 2.20. The lowest BCUT2D eigenvalue weighted by atomic mass is 9.93. The second-order valence-corrected chi connectivity index (χ2v) is 5.65. The number of aromatic nitrogens is 2. The maximum absolute atomic E-state index is 4.33. The van der Waals surface area contributed by atoms with Gasteiger partial charge < -0.3 is 10.2 Å². The van der Waals surface area contributed by atoms with Crippen LogP contribution in [-0.2, 0) is 12.8 Å². The summed E-state index contributed by atoms with van der Waals surface area (Å²) < 4.78 is 0. The maximum atomic E-state index is 4.33. The molecule has 0 bridgehead atoms. The van der Waals surface area contributed by atoms with Crippen molar-refractivity contribution in [3.05, 3.63) is 17.3 Å². The van der Waals surface area contributed by atoms with Gasteiger partial charge in [0.15, 0.2) is 5.82 Å². The Balaban J connectivity index is 1.76. The standard InChI is InChI=1S/C14H22N4/c1-18-8-4-6-12(10-18)16-14-13-7-3-2-5-11(13)9-15-17-14/h9,12H,2-8,10H2,1H3,(H,16,17). The van der Waals surface area contributed by atoms with Gasteiger partial charge in [0.05, 0.1) is 6.20 Å². The Labute approximate surface area is 109 Å². The maximum Gasteiger partial charge on any atom is 0.152 e. The molecule has 0 spiro atoms. The van der Waals surface area contributed by atoms with Crippen molar-refractivity contribution in [2.45, 2.75) is 44.6 Å². The van der Waals surface area contributed by atoms with Crippen LogP contribution in [-0.4, -0.2) is 41.3 Å². The Kier molecular flexibility index (Phi) is 3.46. The first-order valence-corrected chi connectivity index (χ1v) is 7.11. The third kappa shape index (κ3) is 2.48. The molecule has 3 rings (SSSR count). The van der Waals surface area contributed by atoms with Crippen LogP contribution < -0.4 is 5.32 Å². The Morgan fingerprint density at radius 2 is 2.17 bits per heavy atom. The van der Waals surface area contributed by atoms with Gasteiger partial charge in [-0.05, 0) is 57.7 Å². The van der Waals surface area contributed by atoms with E-state index in [-0.39, 0.29) is 0 Å². The number of hydrogen-bond donors (Lipinski definition) is 1. The van der Waals surface area contributed by atoms with Crippen molar-refractivity contribution in [2.24, 2.45) is 0 Å². The van der Waals surface area contributed by atoms with E-state index in [0.717, 1.165) is 18.8 Å². The molecule has 0 amide bonds. The molecule has 4 nitrogen and oxygen atoms in total. The number of nitrogens with zero attached hydrogens (tertiary/aromatic N) is 3. The zero-order valence-corrected chi connectivity index (χ0v) is 11.2. The molecular formula is C14H22N4. The van der Waals surface area contributed by atoms with E-state index in [0.29, 0.717) is 6.04 Å². The summed E-state index contributed by atoms with van der Waals surface area (Å²) in [5, 5.41) is 12.1. The number of piperidine rings is 1. The summed E-state index contributed by atoms with van der Waals surface area (Å²) in [5.41, 5.74) is 2.83. The highest BCUT2D eigenvalue weighted by Crippen LogP contribution is 2.26. The van der Waals surface area contributed by atoms with Crippen LogP contribution in [0.2, 0.25) is 0 Å². The number of likely N-dealkylation sites (N-methyl/N-ethyl adjacent to an activating group) is 1. The van der Waals surface area contributed by atoms with Gasteiger partial charge >= 0.3 is 0 Å². The van der Waals surface area contributed by atoms with Gasteiger partial charge in [0, 0.05) is 18.2 Å². The third-order valence-corrected chi connectivity index (χ3v) is 4.13. The highest BCUT2D eigenvalue weighted by atomic mass is 15.2. The predicted molar refractivity (Wildman–Crippen MR) is 72.8 cm³/mol. The summed E-state index contributed by atoms with van der Waals surface area (Å²) >= 11 is 0. The molecule has 0 radical (unpaired) electrons. The molecule has 1 fully saturated rings. The summed E-state index contributed by atoms with van der Waals surface area (Å²) in [4.78, 5) is 2.39. The number of hydrogen-bond acceptors (Lipinski definition) is 4. The molecule has 1 N–H and O–H groups in total. The minimum Gasteiger partial charge on any atom is -0.364 e. The predicted octanol–water partition coefficient (Wildman–Crippen LogP) is 1.86. The monoisotopic (exact) mass is 246 g/mol. The summed E-state index contributed by atoms with van der Waals surface area (Å²) in [6.07, 6.45) is 9.39. The molecule has 2 heterocycles. The van der Waals surface area contributed by atoms with Crippen LogP contribution in [0, 0.1) is 0 Å². The van der Waals surface area contributed by atoms with Crippen LogP contribution in [0.15, 0.2) is 6.20 Å². The quantitative estimate of drug-likeness (QED) is 0.865. The molecule has 1 atom stereocenters. The average molecular weight is 246 g/mol. The first kappa shape index (κ1) is 11.9. The van der Waals surface area contributed by atoms with E-state index in [1.54, 1.807) is 0 Å². The summed E-state index contributed by atoms with van der Waals surface area (Å²) in [5.74, 6) is 1.05. The molecule has 0 aromatic carbocycles. The Morgan fingerprint density at radius 3 is 3.06 bits per heavy atom. The number of aryl methyl sites for hydroxylation is 1. The Bertz CT molecular complexity index is 418. The SMILES string of the molecule is CN1CCCC(Nc2nncc3c2CCCC3)C1. The van der Waals surface area contributed by atoms with Crippen molar-refractivity contribution in [2.75, 3.05) is 25.5 Å². The van der Waals surface area contributed by atoms with E-state index in [9.17, 15) is 0 Å². The van der Waals surface area contributed by atoms with E-state index < -0.39 is 0 Å². The van der Waals surface area contributed by atoms with E-state index in [1.165, 1.54) is 49.8 Å². The fourth-order valence-corrected chi connectivity index (χ4v) is 3.15. The molecule has 4 heteroatoms. The molecule has 18 heavy (non-hydrogen) atoms. The fraction of sp³-hybridized carbons (Fsp3) is 0.714. The molecular weight excluding hydrogens is 224 g/mol. The molecule has 1 aromatic rings. The van der Waals surface area contributed by atoms with Crippen molar-refractivity contribution in [1.82, 2.24) is 15.1 Å². The van der Waals surface area contributed by atoms with Gasteiger partial charge in [0.1, 0.15) is 0 Å². The molecule has 1 unspecified atom stereocenters. The first-order chi connectivity index (χ1) is 8.83. The highest BCUT2D eigenvalue weighted by molar-refractivity contribution is 5.48. The summed E-state index contributed by atoms with van der Waals surface area (Å²) in [7, 11) is 2.19. The molecule has 1 saturated heterocycles. The van der Waals surface area contributed by atoms with Gasteiger partial charge in [0.25, 0.3) is 0 Å². The largest absolute Gasteiger partial charge is 0.364 e. The van der Waals surface area contributed by atoms with Gasteiger partial charge in [-0.2, -0.15) is 5.10 Å². The molecule has 1 aliphatic heterocycles. The van der Waals surface area contributed by atoms with Crippen molar-refractivity contribution in [1.29, 1.82) is 0 Å². The summed E-state index contributed by atoms with van der Waals surface area (Å²) in [6.45, 7) is 2.34. The normalized spacial score (nSPS) is 24.6. The van der Waals surface area contributed by atoms with Crippen LogP contribution in [0.4, 0.5) is 5.82 Å². The number of rotatable bonds is 2. The van der Waals surface area contributed by atoms with Crippen LogP contribution in [0.3, 0.4) is 0 Å². The Morgan fingerprint density at radius 1 is 1.28 bits per heavy atom. The number of nitrogens with one attached hydrogen (secondary N) is 1. The van der Waals surface area contributed by atoms with Gasteiger partial charge in [-0.3, -0.25) is 0 Å². The molecule has 2 aliphatic rings. The molecule has 0 saturated carbocycles. The Hall–Kier alpha value is -1.16. The smallest absolute Gasteiger partial charge is 0.152 e. The third-order valence-electron chi connectivity index (χ3n) is 4.13. The van der Waals surface area contributed by atoms with Crippen LogP contribution in [0.5, 0.6) is 0 Å². The van der Waals surface area contributed by atoms with Crippen molar-refractivity contribution < 1.29 is 0 Å². The van der Waals surface area contributed by atoms with Crippen LogP contribution in [0.1, 0.15) is 36.8 Å². The topological polar surface area (TPSA) is 41.0 Å². The molecule has 98 valence electrons. The van der Waals surface area contributed by atoms with Gasteiger partial charge in [-0.25, -0.2) is 0 Å². The van der Waals surface area contributed by atoms with Gasteiger partial charge in [-0.1, -0.05) is 0 Å². The fourth-order valence-electron chi connectivity index (χ4n) is 3.15. The van der Waals surface area contributed by atoms with Gasteiger partial charge in [-0.15, -0.1) is 5.10 Å². The van der Waals surface area contributed by atoms with Gasteiger partial charge in [0.2, 0.25) is 0 Å². The lowest BCUT2D eigenvalue weighted by molar-refractivity contribution is 0.260. The molecule has 1 aromatic heterocycles. The van der Waals surface area contributed by atoms with Crippen molar-refractivity contribution in [3.63, 3.8) is 0 Å². The minimum atomic E-state index is 0.534. The summed E-state index contributed by atoms with van der Waals surface area (Å²) in [6, 6.07) is 0.534. The molecule has 1 aliphatic carbocycles. The number of anilines is 1. The van der Waals surface area contributed by atoms with Crippen molar-refractivity contribution in [3.8, 4) is 0 Å². The first-order valence-electron chi connectivity index (χ1n) is 7.11. The number of fused-ring (bicyclic) bond motifs is 1. The van der Waals surface area contributed by atoms with E-state index in [2.05, 4.69) is 27.5 Å². The van der Waals surface area contributed by atoms with E-state index in [4.69, 9.17) is 0 Å².